The Kier molecular flexibility index (Phi) is 6.27. The van der Waals surface area contributed by atoms with Crippen LogP contribution >= 0.6 is 11.6 Å². The van der Waals surface area contributed by atoms with E-state index in [2.05, 4.69) is 5.32 Å². The molecule has 0 radical (unpaired) electrons. The molecule has 30 heavy (non-hydrogen) atoms. The second kappa shape index (κ2) is 8.92. The number of piperidine rings is 1. The maximum Gasteiger partial charge on any atom is 0.184 e. The van der Waals surface area contributed by atoms with Crippen LogP contribution in [0.3, 0.4) is 0 Å². The van der Waals surface area contributed by atoms with Crippen LogP contribution in [0.5, 0.6) is 0 Å². The van der Waals surface area contributed by atoms with Gasteiger partial charge >= 0.3 is 0 Å². The first-order valence-electron chi connectivity index (χ1n) is 10.1. The molecule has 7 heteroatoms. The van der Waals surface area contributed by atoms with Crippen molar-refractivity contribution in [2.75, 3.05) is 18.8 Å². The average Bonchev–Trinajstić information content (AvgIpc) is 3.08. The normalized spacial score (nSPS) is 15.9. The molecule has 2 aromatic carbocycles. The fourth-order valence-electron chi connectivity index (χ4n) is 3.97. The van der Waals surface area contributed by atoms with Gasteiger partial charge in [-0.2, -0.15) is 0 Å². The molecular weight excluding hydrogens is 423 g/mol. The Bertz CT molecular complexity index is 1180. The van der Waals surface area contributed by atoms with Crippen molar-refractivity contribution >= 4 is 38.4 Å². The number of halogens is 2. The van der Waals surface area contributed by atoms with Crippen molar-refractivity contribution in [1.82, 2.24) is 9.88 Å². The van der Waals surface area contributed by atoms with E-state index in [0.29, 0.717) is 28.4 Å². The quantitative estimate of drug-likeness (QED) is 0.584. The van der Waals surface area contributed by atoms with E-state index in [4.69, 9.17) is 11.6 Å². The van der Waals surface area contributed by atoms with Gasteiger partial charge in [-0.1, -0.05) is 42.0 Å². The van der Waals surface area contributed by atoms with Gasteiger partial charge in [0.1, 0.15) is 5.82 Å². The molecule has 0 unspecified atom stereocenters. The van der Waals surface area contributed by atoms with Gasteiger partial charge in [0, 0.05) is 23.2 Å². The first-order chi connectivity index (χ1) is 14.4. The number of hydrogen-bond acceptors (Lipinski definition) is 3. The van der Waals surface area contributed by atoms with Crippen molar-refractivity contribution < 1.29 is 12.8 Å². The molecule has 3 aromatic rings. The topological polar surface area (TPSA) is 51.1 Å². The van der Waals surface area contributed by atoms with Gasteiger partial charge in [-0.25, -0.2) is 12.8 Å². The van der Waals surface area contributed by atoms with Crippen LogP contribution in [-0.4, -0.2) is 31.8 Å². The molecular formula is C23H24ClFN2O2S. The van der Waals surface area contributed by atoms with E-state index in [1.807, 2.05) is 22.8 Å². The molecule has 2 heterocycles. The summed E-state index contributed by atoms with van der Waals surface area (Å²) in [5.74, 6) is -0.0716. The Morgan fingerprint density at radius 1 is 1.17 bits per heavy atom. The minimum Gasteiger partial charge on any atom is -0.346 e. The molecule has 1 N–H and O–H groups in total. The Morgan fingerprint density at radius 2 is 1.93 bits per heavy atom. The smallest absolute Gasteiger partial charge is 0.184 e. The summed E-state index contributed by atoms with van der Waals surface area (Å²) in [6, 6.07) is 11.6. The molecule has 4 rings (SSSR count). The summed E-state index contributed by atoms with van der Waals surface area (Å²) in [6.07, 6.45) is 7.05. The largest absolute Gasteiger partial charge is 0.346 e. The third-order valence-corrected chi connectivity index (χ3v) is 7.55. The number of aromatic nitrogens is 1. The predicted octanol–water partition coefficient (Wildman–Crippen LogP) is 4.92. The maximum atomic E-state index is 13.9. The van der Waals surface area contributed by atoms with Gasteiger partial charge in [0.2, 0.25) is 0 Å². The fourth-order valence-corrected chi connectivity index (χ4v) is 5.50. The van der Waals surface area contributed by atoms with Crippen LogP contribution < -0.4 is 5.32 Å². The molecule has 1 aliphatic rings. The fraction of sp³-hybridized carbons (Fsp3) is 0.304. The Hall–Kier alpha value is -2.15. The second-order valence-electron chi connectivity index (χ2n) is 7.71. The summed E-state index contributed by atoms with van der Waals surface area (Å²) in [6.45, 7) is 2.60. The van der Waals surface area contributed by atoms with E-state index < -0.39 is 9.84 Å². The van der Waals surface area contributed by atoms with Gasteiger partial charge in [0.05, 0.1) is 16.2 Å². The monoisotopic (exact) mass is 446 g/mol. The zero-order valence-corrected chi connectivity index (χ0v) is 18.1. The first kappa shape index (κ1) is 21.1. The lowest BCUT2D eigenvalue weighted by molar-refractivity contribution is 0.336. The van der Waals surface area contributed by atoms with Gasteiger partial charge < -0.3 is 9.88 Å². The lowest BCUT2D eigenvalue weighted by Crippen LogP contribution is -2.29. The van der Waals surface area contributed by atoms with Crippen LogP contribution in [0.15, 0.2) is 59.6 Å². The van der Waals surface area contributed by atoms with Crippen molar-refractivity contribution in [1.29, 1.82) is 0 Å². The van der Waals surface area contributed by atoms with Gasteiger partial charge in [-0.15, -0.1) is 0 Å². The first-order valence-corrected chi connectivity index (χ1v) is 12.1. The van der Waals surface area contributed by atoms with Crippen LogP contribution in [0, 0.1) is 11.7 Å². The van der Waals surface area contributed by atoms with E-state index in [1.165, 1.54) is 12.1 Å². The Morgan fingerprint density at radius 3 is 2.70 bits per heavy atom. The summed E-state index contributed by atoms with van der Waals surface area (Å²) in [5, 5.41) is 4.47. The molecule has 0 aliphatic carbocycles. The Balaban J connectivity index is 1.64. The number of fused-ring (bicyclic) bond motifs is 1. The third-order valence-electron chi connectivity index (χ3n) is 5.57. The molecule has 0 atom stereocenters. The number of nitrogens with zero attached hydrogens (tertiary/aromatic N) is 1. The highest BCUT2D eigenvalue weighted by Gasteiger charge is 2.22. The lowest BCUT2D eigenvalue weighted by Gasteiger charge is -2.23. The summed E-state index contributed by atoms with van der Waals surface area (Å²) in [4.78, 5) is 0.246. The highest BCUT2D eigenvalue weighted by molar-refractivity contribution is 7.91. The summed E-state index contributed by atoms with van der Waals surface area (Å²) < 4.78 is 42.1. The van der Waals surface area contributed by atoms with E-state index in [0.717, 1.165) is 31.5 Å². The predicted molar refractivity (Wildman–Crippen MR) is 120 cm³/mol. The molecule has 0 amide bonds. The van der Waals surface area contributed by atoms with Crippen LogP contribution in [0.1, 0.15) is 18.4 Å². The van der Waals surface area contributed by atoms with Gasteiger partial charge in [0.15, 0.2) is 9.84 Å². The van der Waals surface area contributed by atoms with Crippen molar-refractivity contribution in [3.63, 3.8) is 0 Å². The van der Waals surface area contributed by atoms with Crippen molar-refractivity contribution in [3.05, 3.63) is 71.1 Å². The zero-order chi connectivity index (χ0) is 21.1. The van der Waals surface area contributed by atoms with Gasteiger partial charge in [-0.05, 0) is 61.7 Å². The van der Waals surface area contributed by atoms with Gasteiger partial charge in [0.25, 0.3) is 0 Å². The minimum atomic E-state index is -3.59. The highest BCUT2D eigenvalue weighted by atomic mass is 35.5. The van der Waals surface area contributed by atoms with Crippen molar-refractivity contribution in [3.8, 4) is 0 Å². The van der Waals surface area contributed by atoms with E-state index in [9.17, 15) is 12.8 Å². The molecule has 0 bridgehead atoms. The van der Waals surface area contributed by atoms with E-state index in [-0.39, 0.29) is 16.5 Å². The molecule has 0 spiro atoms. The third kappa shape index (κ3) is 4.61. The van der Waals surface area contributed by atoms with Crippen LogP contribution in [0.4, 0.5) is 4.39 Å². The summed E-state index contributed by atoms with van der Waals surface area (Å²) in [5.41, 5.74) is 1.40. The van der Waals surface area contributed by atoms with Crippen molar-refractivity contribution in [2.45, 2.75) is 24.3 Å². The standard InChI is InChI=1S/C23H24ClFN2O2S/c24-21-6-2-1-4-18(21)5-3-13-30(28,29)23-16-27(15-17-9-11-26-12-10-17)22-14-19(25)7-8-20(22)23/h1-8,14,16-17,26H,9-13,15H2. The molecule has 1 saturated heterocycles. The number of rotatable bonds is 6. The van der Waals surface area contributed by atoms with Crippen LogP contribution in [0.2, 0.25) is 5.02 Å². The maximum absolute atomic E-state index is 13.9. The molecule has 0 saturated carbocycles. The van der Waals surface area contributed by atoms with Gasteiger partial charge in [-0.3, -0.25) is 0 Å². The van der Waals surface area contributed by atoms with Crippen LogP contribution in [0.25, 0.3) is 17.0 Å². The lowest BCUT2D eigenvalue weighted by atomic mass is 9.98. The molecule has 1 fully saturated rings. The molecule has 1 aromatic heterocycles. The molecule has 1 aliphatic heterocycles. The SMILES string of the molecule is O=S(=O)(CC=Cc1ccccc1Cl)c1cn(CC2CCNCC2)c2cc(F)ccc12. The summed E-state index contributed by atoms with van der Waals surface area (Å²) >= 11 is 6.14. The second-order valence-corrected chi connectivity index (χ2v) is 10.1. The average molecular weight is 447 g/mol. The van der Waals surface area contributed by atoms with Crippen LogP contribution in [-0.2, 0) is 16.4 Å². The Labute approximate surface area is 181 Å². The minimum absolute atomic E-state index is 0.151. The highest BCUT2D eigenvalue weighted by Crippen LogP contribution is 2.29. The van der Waals surface area contributed by atoms with E-state index in [1.54, 1.807) is 30.5 Å². The number of nitrogens with one attached hydrogen (secondary N) is 1. The van der Waals surface area contributed by atoms with E-state index >= 15 is 0 Å². The molecule has 4 nitrogen and oxygen atoms in total. The number of benzene rings is 2. The number of sulfone groups is 1. The van der Waals surface area contributed by atoms with Crippen molar-refractivity contribution in [2.24, 2.45) is 5.92 Å². The zero-order valence-electron chi connectivity index (χ0n) is 16.5. The molecule has 158 valence electrons. The number of hydrogen-bond donors (Lipinski definition) is 1. The summed E-state index contributed by atoms with van der Waals surface area (Å²) in [7, 11) is -3.59.